The average molecular weight is 602 g/mol. The van der Waals surface area contributed by atoms with Crippen molar-refractivity contribution in [1.29, 1.82) is 0 Å². The lowest BCUT2D eigenvalue weighted by molar-refractivity contribution is -0.704. The van der Waals surface area contributed by atoms with Crippen LogP contribution in [0, 0.1) is 0 Å². The van der Waals surface area contributed by atoms with Crippen LogP contribution in [0.2, 0.25) is 0 Å². The van der Waals surface area contributed by atoms with Gasteiger partial charge in [-0.05, 0) is 32.1 Å². The minimum Gasteiger partial charge on any atom is -0.234 e. The van der Waals surface area contributed by atoms with E-state index in [0.29, 0.717) is 0 Å². The molecule has 1 aromatic rings. The van der Waals surface area contributed by atoms with Crippen molar-refractivity contribution in [2.24, 2.45) is 0 Å². The molecule has 2 heteroatoms. The molecular formula is C41H81N2+. The summed E-state index contributed by atoms with van der Waals surface area (Å²) in [7, 11) is 0. The van der Waals surface area contributed by atoms with E-state index in [2.05, 4.69) is 42.3 Å². The van der Waals surface area contributed by atoms with Crippen LogP contribution in [-0.4, -0.2) is 4.57 Å². The summed E-state index contributed by atoms with van der Waals surface area (Å²) in [6.07, 6.45) is 51.9. The van der Waals surface area contributed by atoms with Gasteiger partial charge >= 0.3 is 0 Å². The third kappa shape index (κ3) is 25.1. The van der Waals surface area contributed by atoms with Crippen molar-refractivity contribution in [2.45, 2.75) is 246 Å². The molecule has 0 atom stereocenters. The first-order valence-corrected chi connectivity index (χ1v) is 20.4. The van der Waals surface area contributed by atoms with Crippen molar-refractivity contribution in [1.82, 2.24) is 4.57 Å². The van der Waals surface area contributed by atoms with E-state index in [9.17, 15) is 0 Å². The number of unbranched alkanes of at least 4 members (excludes halogenated alkanes) is 29. The third-order valence-electron chi connectivity index (χ3n) is 9.85. The fourth-order valence-electron chi connectivity index (χ4n) is 6.86. The van der Waals surface area contributed by atoms with Gasteiger partial charge in [-0.2, -0.15) is 0 Å². The Morgan fingerprint density at radius 3 is 1.12 bits per heavy atom. The first kappa shape index (κ1) is 40.2. The maximum Gasteiger partial charge on any atom is 0.256 e. The van der Waals surface area contributed by atoms with Gasteiger partial charge in [0.25, 0.3) is 5.82 Å². The maximum atomic E-state index is 2.63. The molecule has 0 unspecified atom stereocenters. The second-order valence-corrected chi connectivity index (χ2v) is 14.1. The number of aryl methyl sites for hydroxylation is 2. The van der Waals surface area contributed by atoms with Gasteiger partial charge in [0.1, 0.15) is 12.4 Å². The Morgan fingerprint density at radius 2 is 0.721 bits per heavy atom. The first-order chi connectivity index (χ1) is 21.3. The van der Waals surface area contributed by atoms with Crippen molar-refractivity contribution in [3.05, 3.63) is 18.2 Å². The average Bonchev–Trinajstić information content (AvgIpc) is 3.40. The van der Waals surface area contributed by atoms with Crippen molar-refractivity contribution in [3.8, 4) is 0 Å². The Labute approximate surface area is 272 Å². The smallest absolute Gasteiger partial charge is 0.234 e. The second-order valence-electron chi connectivity index (χ2n) is 14.1. The monoisotopic (exact) mass is 602 g/mol. The van der Waals surface area contributed by atoms with Gasteiger partial charge in [0.15, 0.2) is 0 Å². The van der Waals surface area contributed by atoms with Crippen LogP contribution in [0.5, 0.6) is 0 Å². The zero-order chi connectivity index (χ0) is 30.9. The summed E-state index contributed by atoms with van der Waals surface area (Å²) in [4.78, 5) is 0. The number of aromatic nitrogens is 2. The molecule has 1 aromatic heterocycles. The summed E-state index contributed by atoms with van der Waals surface area (Å²) in [6, 6.07) is 0. The van der Waals surface area contributed by atoms with E-state index in [4.69, 9.17) is 0 Å². The van der Waals surface area contributed by atoms with Crippen molar-refractivity contribution in [3.63, 3.8) is 0 Å². The molecule has 2 nitrogen and oxygen atoms in total. The van der Waals surface area contributed by atoms with E-state index in [-0.39, 0.29) is 0 Å². The van der Waals surface area contributed by atoms with Crippen LogP contribution >= 0.6 is 0 Å². The lowest BCUT2D eigenvalue weighted by Crippen LogP contribution is -2.37. The highest BCUT2D eigenvalue weighted by Gasteiger charge is 2.16. The lowest BCUT2D eigenvalue weighted by atomic mass is 10.0. The zero-order valence-corrected chi connectivity index (χ0v) is 30.3. The third-order valence-corrected chi connectivity index (χ3v) is 9.85. The molecule has 1 rings (SSSR count). The quantitative estimate of drug-likeness (QED) is 0.0540. The molecule has 1 heterocycles. The lowest BCUT2D eigenvalue weighted by Gasteiger charge is -2.07. The van der Waals surface area contributed by atoms with Crippen molar-refractivity contribution >= 4 is 0 Å². The molecule has 0 radical (unpaired) electrons. The normalized spacial score (nSPS) is 11.6. The van der Waals surface area contributed by atoms with Crippen LogP contribution < -0.4 is 4.57 Å². The van der Waals surface area contributed by atoms with Crippen molar-refractivity contribution < 1.29 is 4.57 Å². The molecular weight excluding hydrogens is 520 g/mol. The van der Waals surface area contributed by atoms with E-state index in [0.717, 1.165) is 0 Å². The molecule has 0 amide bonds. The minimum absolute atomic E-state index is 1.23. The number of hydrogen-bond donors (Lipinski definition) is 0. The van der Waals surface area contributed by atoms with Crippen LogP contribution in [-0.2, 0) is 19.5 Å². The largest absolute Gasteiger partial charge is 0.256 e. The van der Waals surface area contributed by atoms with E-state index in [1.807, 2.05) is 0 Å². The second kappa shape index (κ2) is 32.6. The summed E-state index contributed by atoms with van der Waals surface area (Å²) in [6.45, 7) is 9.40. The van der Waals surface area contributed by atoms with E-state index < -0.39 is 0 Å². The Balaban J connectivity index is 2.19. The molecule has 0 aliphatic carbocycles. The van der Waals surface area contributed by atoms with Crippen LogP contribution in [0.3, 0.4) is 0 Å². The molecule has 0 spiro atoms. The first-order valence-electron chi connectivity index (χ1n) is 20.4. The molecule has 0 N–H and O–H groups in total. The van der Waals surface area contributed by atoms with Crippen LogP contribution in [0.15, 0.2) is 12.4 Å². The van der Waals surface area contributed by atoms with Gasteiger partial charge < -0.3 is 0 Å². The zero-order valence-electron chi connectivity index (χ0n) is 30.3. The summed E-state index contributed by atoms with van der Waals surface area (Å²) in [5.41, 5.74) is 0. The predicted molar refractivity (Wildman–Crippen MR) is 193 cm³/mol. The Morgan fingerprint density at radius 1 is 0.395 bits per heavy atom. The molecule has 0 bridgehead atoms. The standard InChI is InChI=1S/C41H81N2/c1-4-7-10-13-16-18-19-20-21-22-23-24-25-26-28-30-33-36-41-42(37-34-31-15-12-9-6-3)39-40-43(41)38-35-32-29-27-17-14-11-8-5-2/h39-40H,4-38H2,1-3H3/q+1. The number of imidazole rings is 1. The highest BCUT2D eigenvalue weighted by atomic mass is 15.1. The SMILES string of the molecule is CCCCCCCCCCCCCCCCCCCc1n(CCCCCCCCCCC)cc[n+]1CCCCCCCC. The molecule has 0 saturated heterocycles. The van der Waals surface area contributed by atoms with Crippen LogP contribution in [0.25, 0.3) is 0 Å². The van der Waals surface area contributed by atoms with Crippen LogP contribution in [0.1, 0.15) is 232 Å². The predicted octanol–water partition coefficient (Wildman–Crippen LogP) is 13.9. The molecule has 43 heavy (non-hydrogen) atoms. The molecule has 0 fully saturated rings. The van der Waals surface area contributed by atoms with Gasteiger partial charge in [0.2, 0.25) is 0 Å². The molecule has 0 saturated carbocycles. The highest BCUT2D eigenvalue weighted by molar-refractivity contribution is 4.84. The van der Waals surface area contributed by atoms with E-state index >= 15 is 0 Å². The number of hydrogen-bond acceptors (Lipinski definition) is 0. The van der Waals surface area contributed by atoms with Gasteiger partial charge in [-0.1, -0.05) is 194 Å². The molecule has 0 aliphatic heterocycles. The summed E-state index contributed by atoms with van der Waals surface area (Å²) < 4.78 is 5.25. The van der Waals surface area contributed by atoms with Gasteiger partial charge in [-0.25, -0.2) is 9.13 Å². The Hall–Kier alpha value is -0.790. The molecule has 0 aliphatic rings. The van der Waals surface area contributed by atoms with E-state index in [1.54, 1.807) is 5.82 Å². The fraction of sp³-hybridized carbons (Fsp3) is 0.927. The maximum absolute atomic E-state index is 2.63. The topological polar surface area (TPSA) is 8.81 Å². The Bertz CT molecular complexity index is 663. The summed E-state index contributed by atoms with van der Waals surface area (Å²) >= 11 is 0. The minimum atomic E-state index is 1.23. The van der Waals surface area contributed by atoms with Crippen molar-refractivity contribution in [2.75, 3.05) is 0 Å². The fourth-order valence-corrected chi connectivity index (χ4v) is 6.86. The van der Waals surface area contributed by atoms with Gasteiger partial charge in [-0.15, -0.1) is 0 Å². The van der Waals surface area contributed by atoms with Gasteiger partial charge in [0.05, 0.1) is 13.1 Å². The van der Waals surface area contributed by atoms with Gasteiger partial charge in [0, 0.05) is 6.42 Å². The number of rotatable bonds is 35. The summed E-state index contributed by atoms with van der Waals surface area (Å²) in [5, 5.41) is 0. The highest BCUT2D eigenvalue weighted by Crippen LogP contribution is 2.16. The molecule has 254 valence electrons. The number of nitrogens with zero attached hydrogens (tertiary/aromatic N) is 2. The van der Waals surface area contributed by atoms with Crippen LogP contribution in [0.4, 0.5) is 0 Å². The summed E-state index contributed by atoms with van der Waals surface area (Å²) in [5.74, 6) is 1.62. The van der Waals surface area contributed by atoms with Gasteiger partial charge in [-0.3, -0.25) is 0 Å². The molecule has 0 aromatic carbocycles. The van der Waals surface area contributed by atoms with E-state index in [1.165, 1.54) is 225 Å². The Kier molecular flexibility index (Phi) is 30.5.